The molecular weight excluding hydrogens is 456 g/mol. The Morgan fingerprint density at radius 3 is 2.46 bits per heavy atom. The van der Waals surface area contributed by atoms with Crippen molar-refractivity contribution in [2.45, 2.75) is 26.2 Å². The number of nitro groups is 1. The summed E-state index contributed by atoms with van der Waals surface area (Å²) in [6.45, 7) is 1.69. The van der Waals surface area contributed by atoms with Gasteiger partial charge in [-0.1, -0.05) is 6.07 Å². The molecule has 2 aromatic heterocycles. The van der Waals surface area contributed by atoms with Gasteiger partial charge in [-0.05, 0) is 44.0 Å². The second-order valence-electron chi connectivity index (χ2n) is 7.63. The Kier molecular flexibility index (Phi) is 6.62. The molecule has 178 valence electrons. The lowest BCUT2D eigenvalue weighted by Crippen LogP contribution is -2.41. The number of hydrazone groups is 1. The molecule has 0 saturated heterocycles. The van der Waals surface area contributed by atoms with Crippen LogP contribution >= 0.6 is 0 Å². The van der Waals surface area contributed by atoms with Crippen LogP contribution in [0, 0.1) is 17.0 Å². The van der Waals surface area contributed by atoms with Crippen molar-refractivity contribution in [1.29, 1.82) is 0 Å². The second kappa shape index (κ2) is 9.95. The molecule has 3 aromatic rings. The van der Waals surface area contributed by atoms with Gasteiger partial charge in [-0.3, -0.25) is 40.3 Å². The number of aryl methyl sites for hydroxylation is 1. The monoisotopic (exact) mass is 476 g/mol. The van der Waals surface area contributed by atoms with Crippen LogP contribution in [0.5, 0.6) is 0 Å². The maximum Gasteiger partial charge on any atom is 0.305 e. The Labute approximate surface area is 198 Å². The van der Waals surface area contributed by atoms with Crippen molar-refractivity contribution in [3.05, 3.63) is 92.7 Å². The molecule has 1 aromatic carbocycles. The molecular formula is C23H20N6O6. The Balaban J connectivity index is 1.45. The minimum absolute atomic E-state index is 0.00431. The van der Waals surface area contributed by atoms with Crippen LogP contribution < -0.4 is 16.3 Å². The van der Waals surface area contributed by atoms with Crippen molar-refractivity contribution < 1.29 is 23.7 Å². The fourth-order valence-electron chi connectivity index (χ4n) is 3.65. The molecule has 3 amide bonds. The number of pyridine rings is 1. The molecule has 1 aliphatic carbocycles. The van der Waals surface area contributed by atoms with Crippen molar-refractivity contribution in [1.82, 2.24) is 21.3 Å². The number of amides is 3. The first-order valence-corrected chi connectivity index (χ1v) is 10.6. The minimum atomic E-state index is -0.677. The van der Waals surface area contributed by atoms with Gasteiger partial charge in [-0.25, -0.2) is 5.43 Å². The number of nitrogens with zero attached hydrogens (tertiary/aromatic N) is 3. The average Bonchev–Trinajstić information content (AvgIpc) is 3.23. The Morgan fingerprint density at radius 2 is 1.77 bits per heavy atom. The first-order chi connectivity index (χ1) is 16.8. The topological polar surface area (TPSA) is 169 Å². The van der Waals surface area contributed by atoms with E-state index >= 15 is 0 Å². The van der Waals surface area contributed by atoms with E-state index in [-0.39, 0.29) is 22.7 Å². The Bertz CT molecular complexity index is 1330. The van der Waals surface area contributed by atoms with Gasteiger partial charge >= 0.3 is 5.91 Å². The lowest BCUT2D eigenvalue weighted by molar-refractivity contribution is -0.384. The van der Waals surface area contributed by atoms with E-state index in [2.05, 4.69) is 26.4 Å². The number of hydrogen-bond acceptors (Lipinski definition) is 8. The first-order valence-electron chi connectivity index (χ1n) is 10.6. The summed E-state index contributed by atoms with van der Waals surface area (Å²) in [4.78, 5) is 51.4. The van der Waals surface area contributed by atoms with Gasteiger partial charge < -0.3 is 4.42 Å². The van der Waals surface area contributed by atoms with Crippen molar-refractivity contribution in [3.63, 3.8) is 0 Å². The molecule has 0 atom stereocenters. The number of nitro benzene ring substituents is 1. The normalized spacial score (nSPS) is 13.6. The van der Waals surface area contributed by atoms with Gasteiger partial charge in [0.2, 0.25) is 0 Å². The predicted octanol–water partition coefficient (Wildman–Crippen LogP) is 2.44. The highest BCUT2D eigenvalue weighted by Crippen LogP contribution is 2.29. The van der Waals surface area contributed by atoms with E-state index in [0.717, 1.165) is 6.42 Å². The van der Waals surface area contributed by atoms with Crippen LogP contribution in [0.2, 0.25) is 0 Å². The number of benzene rings is 1. The maximum atomic E-state index is 12.7. The third-order valence-electron chi connectivity index (χ3n) is 5.35. The van der Waals surface area contributed by atoms with Gasteiger partial charge in [-0.2, -0.15) is 5.10 Å². The summed E-state index contributed by atoms with van der Waals surface area (Å²) in [5.41, 5.74) is 8.97. The average molecular weight is 476 g/mol. The van der Waals surface area contributed by atoms with Gasteiger partial charge in [-0.15, -0.1) is 0 Å². The van der Waals surface area contributed by atoms with Crippen LogP contribution in [-0.4, -0.2) is 33.3 Å². The number of carbonyl (C=O) groups is 3. The summed E-state index contributed by atoms with van der Waals surface area (Å²) in [6.07, 6.45) is 3.39. The summed E-state index contributed by atoms with van der Waals surface area (Å²) in [5, 5.41) is 15.0. The zero-order valence-electron chi connectivity index (χ0n) is 18.5. The van der Waals surface area contributed by atoms with E-state index in [1.54, 1.807) is 25.1 Å². The third-order valence-corrected chi connectivity index (χ3v) is 5.35. The van der Waals surface area contributed by atoms with Crippen LogP contribution in [-0.2, 0) is 6.42 Å². The second-order valence-corrected chi connectivity index (χ2v) is 7.63. The number of hydrogen-bond donors (Lipinski definition) is 3. The summed E-state index contributed by atoms with van der Waals surface area (Å²) in [6, 6.07) is 9.89. The largest absolute Gasteiger partial charge is 0.455 e. The van der Waals surface area contributed by atoms with Gasteiger partial charge in [0.05, 0.1) is 10.6 Å². The van der Waals surface area contributed by atoms with Crippen LogP contribution in [0.25, 0.3) is 0 Å². The SMILES string of the molecule is Cc1c(C(=O)NNC(=O)c2ccc([N+](=O)[O-])cc2)oc2c1/C(=N/NC(=O)c1ccccn1)CCC2. The van der Waals surface area contributed by atoms with Gasteiger partial charge in [0.25, 0.3) is 17.5 Å². The zero-order valence-corrected chi connectivity index (χ0v) is 18.5. The number of carbonyl (C=O) groups excluding carboxylic acids is 3. The number of furan rings is 1. The fraction of sp³-hybridized carbons (Fsp3) is 0.174. The molecule has 0 unspecified atom stereocenters. The number of non-ortho nitro benzene ring substituents is 1. The first kappa shape index (κ1) is 23.3. The highest BCUT2D eigenvalue weighted by Gasteiger charge is 2.28. The Hall–Kier alpha value is -4.87. The molecule has 0 fully saturated rings. The van der Waals surface area contributed by atoms with Crippen molar-refractivity contribution in [3.8, 4) is 0 Å². The summed E-state index contributed by atoms with van der Waals surface area (Å²) < 4.78 is 5.76. The highest BCUT2D eigenvalue weighted by molar-refractivity contribution is 6.07. The molecule has 4 rings (SSSR count). The molecule has 35 heavy (non-hydrogen) atoms. The van der Waals surface area contributed by atoms with E-state index in [4.69, 9.17) is 4.42 Å². The van der Waals surface area contributed by atoms with Crippen LogP contribution in [0.3, 0.4) is 0 Å². The Morgan fingerprint density at radius 1 is 1.03 bits per heavy atom. The van der Waals surface area contributed by atoms with Gasteiger partial charge in [0.1, 0.15) is 11.5 Å². The van der Waals surface area contributed by atoms with E-state index in [0.29, 0.717) is 35.4 Å². The minimum Gasteiger partial charge on any atom is -0.455 e. The molecule has 0 aliphatic heterocycles. The zero-order chi connectivity index (χ0) is 24.9. The van der Waals surface area contributed by atoms with E-state index in [9.17, 15) is 24.5 Å². The third kappa shape index (κ3) is 5.05. The van der Waals surface area contributed by atoms with Crippen LogP contribution in [0.4, 0.5) is 5.69 Å². The van der Waals surface area contributed by atoms with Crippen molar-refractivity contribution in [2.75, 3.05) is 0 Å². The molecule has 12 heteroatoms. The standard InChI is InChI=1S/C23H20N6O6/c1-13-19-16(25-27-22(31)17-5-2-3-12-24-17)6-4-7-18(19)35-20(13)23(32)28-26-21(30)14-8-10-15(11-9-14)29(33)34/h2-3,5,8-12H,4,6-7H2,1H3,(H,26,30)(H,27,31)(H,28,32)/b25-16+. The quantitative estimate of drug-likeness (QED) is 0.375. The van der Waals surface area contributed by atoms with Crippen LogP contribution in [0.15, 0.2) is 58.2 Å². The lowest BCUT2D eigenvalue weighted by atomic mass is 9.93. The number of fused-ring (bicyclic) bond motifs is 1. The summed E-state index contributed by atoms with van der Waals surface area (Å²) >= 11 is 0. The summed E-state index contributed by atoms with van der Waals surface area (Å²) in [5.74, 6) is -1.22. The smallest absolute Gasteiger partial charge is 0.305 e. The molecule has 3 N–H and O–H groups in total. The number of nitrogens with one attached hydrogen (secondary N) is 3. The molecule has 0 radical (unpaired) electrons. The van der Waals surface area contributed by atoms with Gasteiger partial charge in [0.15, 0.2) is 5.76 Å². The van der Waals surface area contributed by atoms with E-state index < -0.39 is 22.6 Å². The fourth-order valence-corrected chi connectivity index (χ4v) is 3.65. The van der Waals surface area contributed by atoms with Crippen molar-refractivity contribution in [2.24, 2.45) is 5.10 Å². The molecule has 12 nitrogen and oxygen atoms in total. The van der Waals surface area contributed by atoms with E-state index in [1.165, 1.54) is 30.5 Å². The maximum absolute atomic E-state index is 12.7. The van der Waals surface area contributed by atoms with Gasteiger partial charge in [0, 0.05) is 41.4 Å². The highest BCUT2D eigenvalue weighted by atomic mass is 16.6. The summed E-state index contributed by atoms with van der Waals surface area (Å²) in [7, 11) is 0. The van der Waals surface area contributed by atoms with E-state index in [1.807, 2.05) is 0 Å². The predicted molar refractivity (Wildman–Crippen MR) is 123 cm³/mol. The molecule has 0 bridgehead atoms. The van der Waals surface area contributed by atoms with Crippen molar-refractivity contribution >= 4 is 29.1 Å². The molecule has 0 saturated carbocycles. The molecule has 1 aliphatic rings. The number of aromatic nitrogens is 1. The number of rotatable bonds is 5. The number of hydrazine groups is 1. The lowest BCUT2D eigenvalue weighted by Gasteiger charge is -2.13. The molecule has 2 heterocycles. The van der Waals surface area contributed by atoms with Crippen LogP contribution in [0.1, 0.15) is 61.1 Å². The molecule has 0 spiro atoms.